The van der Waals surface area contributed by atoms with Gasteiger partial charge in [-0.2, -0.15) is 0 Å². The Balaban J connectivity index is 0.00000196. The molecule has 0 fully saturated rings. The quantitative estimate of drug-likeness (QED) is 0.797. The number of nitrogens with one attached hydrogen (secondary N) is 1. The third kappa shape index (κ3) is 4.84. The van der Waals surface area contributed by atoms with E-state index in [9.17, 15) is 5.11 Å². The lowest BCUT2D eigenvalue weighted by atomic mass is 10.2. The third-order valence-corrected chi connectivity index (χ3v) is 2.45. The lowest BCUT2D eigenvalue weighted by Gasteiger charge is -2.11. The van der Waals surface area contributed by atoms with E-state index in [-0.39, 0.29) is 30.8 Å². The maximum atomic E-state index is 9.50. The maximum Gasteiger partial charge on any atom is 0.120 e. The smallest absolute Gasteiger partial charge is 0.120 e. The van der Waals surface area contributed by atoms with E-state index in [1.165, 1.54) is 0 Å². The number of aliphatic hydroxyl groups excluding tert-OH is 1. The van der Waals surface area contributed by atoms with Gasteiger partial charge in [0.1, 0.15) is 5.75 Å². The minimum absolute atomic E-state index is 0. The lowest BCUT2D eigenvalue weighted by Crippen LogP contribution is -2.28. The maximum absolute atomic E-state index is 9.50. The van der Waals surface area contributed by atoms with E-state index in [4.69, 9.17) is 5.11 Å². The van der Waals surface area contributed by atoms with Crippen molar-refractivity contribution < 1.29 is 10.2 Å². The molecule has 1 atom stereocenters. The predicted molar refractivity (Wildman–Crippen MR) is 66.4 cm³/mol. The van der Waals surface area contributed by atoms with Crippen molar-refractivity contribution in [3.8, 4) is 5.75 Å². The number of aliphatic hydroxyl groups is 1. The molecule has 0 bridgehead atoms. The van der Waals surface area contributed by atoms with E-state index in [2.05, 4.69) is 21.2 Å². The number of hydrogen-bond acceptors (Lipinski definition) is 3. The Kier molecular flexibility index (Phi) is 6.92. The van der Waals surface area contributed by atoms with Gasteiger partial charge in [-0.15, -0.1) is 12.4 Å². The highest BCUT2D eigenvalue weighted by atomic mass is 79.9. The Hall–Kier alpha value is -0.290. The molecule has 1 aromatic carbocycles. The summed E-state index contributed by atoms with van der Waals surface area (Å²) in [5.74, 6) is 0.269. The van der Waals surface area contributed by atoms with Crippen LogP contribution >= 0.6 is 28.3 Å². The Labute approximate surface area is 104 Å². The molecule has 86 valence electrons. The van der Waals surface area contributed by atoms with Gasteiger partial charge in [-0.25, -0.2) is 0 Å². The number of phenolic OH excluding ortho intramolecular Hbond substituents is 1. The number of hydrogen-bond donors (Lipinski definition) is 3. The zero-order valence-corrected chi connectivity index (χ0v) is 10.8. The zero-order chi connectivity index (χ0) is 10.6. The minimum Gasteiger partial charge on any atom is -0.508 e. The summed E-state index contributed by atoms with van der Waals surface area (Å²) in [6.45, 7) is 2.52. The lowest BCUT2D eigenvalue weighted by molar-refractivity contribution is 0.250. The normalized spacial score (nSPS) is 11.9. The van der Waals surface area contributed by atoms with Gasteiger partial charge < -0.3 is 15.5 Å². The molecule has 0 heterocycles. The van der Waals surface area contributed by atoms with Crippen LogP contribution in [0.3, 0.4) is 0 Å². The molecule has 0 spiro atoms. The van der Waals surface area contributed by atoms with Gasteiger partial charge in [-0.3, -0.25) is 0 Å². The van der Waals surface area contributed by atoms with E-state index in [0.717, 1.165) is 10.0 Å². The number of rotatable bonds is 4. The number of aromatic hydroxyl groups is 1. The first-order valence-electron chi connectivity index (χ1n) is 4.45. The first-order chi connectivity index (χ1) is 6.63. The second-order valence-electron chi connectivity index (χ2n) is 3.24. The van der Waals surface area contributed by atoms with Crippen LogP contribution in [0.15, 0.2) is 22.7 Å². The van der Waals surface area contributed by atoms with E-state index in [0.29, 0.717) is 6.54 Å². The monoisotopic (exact) mass is 295 g/mol. The molecule has 0 amide bonds. The summed E-state index contributed by atoms with van der Waals surface area (Å²) < 4.78 is 0.934. The topological polar surface area (TPSA) is 52.5 Å². The fourth-order valence-corrected chi connectivity index (χ4v) is 1.45. The number of benzene rings is 1. The van der Waals surface area contributed by atoms with Crippen LogP contribution in [-0.2, 0) is 6.54 Å². The standard InChI is InChI=1S/C10H14BrNO2.ClH/c1-7(6-13)12-5-8-4-9(11)2-3-10(8)14;/h2-4,7,12-14H,5-6H2,1H3;1H/t7-;/m1./s1. The summed E-state index contributed by atoms with van der Waals surface area (Å²) >= 11 is 3.33. The van der Waals surface area contributed by atoms with Crippen molar-refractivity contribution >= 4 is 28.3 Å². The molecule has 0 aliphatic rings. The molecular formula is C10H15BrClNO2. The van der Waals surface area contributed by atoms with Gasteiger partial charge in [0.05, 0.1) is 6.61 Å². The molecule has 0 aromatic heterocycles. The van der Waals surface area contributed by atoms with Crippen molar-refractivity contribution in [1.29, 1.82) is 0 Å². The highest BCUT2D eigenvalue weighted by Gasteiger charge is 2.03. The van der Waals surface area contributed by atoms with Gasteiger partial charge in [-0.05, 0) is 25.1 Å². The second kappa shape index (κ2) is 7.06. The first kappa shape index (κ1) is 14.7. The number of halogens is 2. The van der Waals surface area contributed by atoms with Crippen LogP contribution in [0.2, 0.25) is 0 Å². The Morgan fingerprint density at radius 1 is 1.47 bits per heavy atom. The molecule has 3 N–H and O–H groups in total. The van der Waals surface area contributed by atoms with Crippen LogP contribution in [0.5, 0.6) is 5.75 Å². The van der Waals surface area contributed by atoms with Crippen molar-refractivity contribution in [1.82, 2.24) is 5.32 Å². The van der Waals surface area contributed by atoms with Crippen molar-refractivity contribution in [2.24, 2.45) is 0 Å². The summed E-state index contributed by atoms with van der Waals surface area (Å²) in [7, 11) is 0. The van der Waals surface area contributed by atoms with Gasteiger partial charge in [0.15, 0.2) is 0 Å². The van der Waals surface area contributed by atoms with Crippen LogP contribution < -0.4 is 5.32 Å². The van der Waals surface area contributed by atoms with Crippen LogP contribution in [0.1, 0.15) is 12.5 Å². The molecule has 1 aromatic rings. The van der Waals surface area contributed by atoms with E-state index in [1.807, 2.05) is 13.0 Å². The van der Waals surface area contributed by atoms with Crippen molar-refractivity contribution in [3.63, 3.8) is 0 Å². The summed E-state index contributed by atoms with van der Waals surface area (Å²) in [6, 6.07) is 5.32. The van der Waals surface area contributed by atoms with Gasteiger partial charge in [0.25, 0.3) is 0 Å². The fraction of sp³-hybridized carbons (Fsp3) is 0.400. The molecule has 3 nitrogen and oxygen atoms in total. The van der Waals surface area contributed by atoms with E-state index < -0.39 is 0 Å². The fourth-order valence-electron chi connectivity index (χ4n) is 1.04. The van der Waals surface area contributed by atoms with Crippen LogP contribution in [-0.4, -0.2) is 22.9 Å². The summed E-state index contributed by atoms with van der Waals surface area (Å²) in [6.07, 6.45) is 0. The summed E-state index contributed by atoms with van der Waals surface area (Å²) in [4.78, 5) is 0. The third-order valence-electron chi connectivity index (χ3n) is 1.96. The molecule has 5 heteroatoms. The van der Waals surface area contributed by atoms with Crippen LogP contribution in [0.25, 0.3) is 0 Å². The van der Waals surface area contributed by atoms with Gasteiger partial charge in [0, 0.05) is 22.6 Å². The first-order valence-corrected chi connectivity index (χ1v) is 5.24. The van der Waals surface area contributed by atoms with E-state index >= 15 is 0 Å². The molecular weight excluding hydrogens is 281 g/mol. The molecule has 0 unspecified atom stereocenters. The molecule has 0 saturated carbocycles. The Morgan fingerprint density at radius 2 is 2.13 bits per heavy atom. The van der Waals surface area contributed by atoms with Gasteiger partial charge >= 0.3 is 0 Å². The average Bonchev–Trinajstić information content (AvgIpc) is 2.19. The van der Waals surface area contributed by atoms with Crippen LogP contribution in [0, 0.1) is 0 Å². The summed E-state index contributed by atoms with van der Waals surface area (Å²) in [5.41, 5.74) is 0.819. The van der Waals surface area contributed by atoms with Crippen molar-refractivity contribution in [2.45, 2.75) is 19.5 Å². The molecule has 15 heavy (non-hydrogen) atoms. The predicted octanol–water partition coefficient (Wildman–Crippen LogP) is 2.05. The molecule has 0 radical (unpaired) electrons. The number of phenols is 1. The van der Waals surface area contributed by atoms with Crippen molar-refractivity contribution in [3.05, 3.63) is 28.2 Å². The van der Waals surface area contributed by atoms with Gasteiger partial charge in [-0.1, -0.05) is 15.9 Å². The molecule has 0 aliphatic heterocycles. The SMILES string of the molecule is C[C@H](CO)NCc1cc(Br)ccc1O.Cl. The highest BCUT2D eigenvalue weighted by molar-refractivity contribution is 9.10. The Bertz CT molecular complexity index is 309. The largest absolute Gasteiger partial charge is 0.508 e. The highest BCUT2D eigenvalue weighted by Crippen LogP contribution is 2.21. The minimum atomic E-state index is 0. The van der Waals surface area contributed by atoms with Gasteiger partial charge in [0.2, 0.25) is 0 Å². The zero-order valence-electron chi connectivity index (χ0n) is 8.40. The molecule has 0 aliphatic carbocycles. The van der Waals surface area contributed by atoms with E-state index in [1.54, 1.807) is 12.1 Å². The second-order valence-corrected chi connectivity index (χ2v) is 4.15. The van der Waals surface area contributed by atoms with Crippen LogP contribution in [0.4, 0.5) is 0 Å². The average molecular weight is 297 g/mol. The molecule has 0 saturated heterocycles. The van der Waals surface area contributed by atoms with Crippen molar-refractivity contribution in [2.75, 3.05) is 6.61 Å². The Morgan fingerprint density at radius 3 is 2.73 bits per heavy atom. The summed E-state index contributed by atoms with van der Waals surface area (Å²) in [5, 5.41) is 21.4. The molecule has 1 rings (SSSR count).